The van der Waals surface area contributed by atoms with Gasteiger partial charge in [-0.2, -0.15) is 0 Å². The van der Waals surface area contributed by atoms with Crippen molar-refractivity contribution in [3.05, 3.63) is 22.5 Å². The Balaban J connectivity index is 1.64. The maximum absolute atomic E-state index is 13.9. The maximum atomic E-state index is 13.9. The molecule has 18 heteroatoms. The summed E-state index contributed by atoms with van der Waals surface area (Å²) >= 11 is 0. The molecule has 7 N–H and O–H groups in total. The zero-order valence-corrected chi connectivity index (χ0v) is 26.7. The van der Waals surface area contributed by atoms with Gasteiger partial charge in [0.15, 0.2) is 5.72 Å². The molecule has 0 saturated carbocycles. The molecular formula is C27H37N5O11S2. The van der Waals surface area contributed by atoms with Crippen LogP contribution in [0.25, 0.3) is 0 Å². The number of aliphatic carboxylic acids is 2. The molecule has 0 aromatic heterocycles. The van der Waals surface area contributed by atoms with E-state index in [1.165, 1.54) is 17.9 Å². The summed E-state index contributed by atoms with van der Waals surface area (Å²) in [6.07, 6.45) is -1.58. The standard InChI is InChI=1S/C27H37N5O11S2/c1-12-8-32-21-19(15(9-43-26(28)41)27(32,42-4)14(12)3)23(37)20(13(2)22(21)36)29-5-6-44-45-10-17(25(39)40)31-24(38)16(30-11-33)7-18(34)35/h11-12,14-17,29H,5-10H2,1-4H3,(H2,28,41)(H,30,33)(H,31,38)(H,34,35)(H,39,40)/t12-,14-,15+,16?,17?,27-/m0/s1. The Hall–Kier alpha value is -3.77. The number of nitrogens with one attached hydrogen (secondary N) is 3. The second-order valence-corrected chi connectivity index (χ2v) is 13.4. The number of carbonyl (C=O) groups is 7. The molecule has 0 radical (unpaired) electrons. The number of methoxy groups -OCH3 is 1. The van der Waals surface area contributed by atoms with Crippen LogP contribution in [0.1, 0.15) is 27.2 Å². The molecule has 1 saturated heterocycles. The van der Waals surface area contributed by atoms with Crippen molar-refractivity contribution >= 4 is 63.5 Å². The lowest BCUT2D eigenvalue weighted by atomic mass is 9.77. The van der Waals surface area contributed by atoms with Crippen molar-refractivity contribution < 1.29 is 53.2 Å². The van der Waals surface area contributed by atoms with E-state index in [0.29, 0.717) is 12.3 Å². The lowest BCUT2D eigenvalue weighted by Gasteiger charge is -2.41. The van der Waals surface area contributed by atoms with Gasteiger partial charge in [0.1, 0.15) is 18.7 Å². The number of amides is 3. The van der Waals surface area contributed by atoms with Crippen LogP contribution in [0.5, 0.6) is 0 Å². The minimum atomic E-state index is -1.44. The lowest BCUT2D eigenvalue weighted by molar-refractivity contribution is -0.153. The number of carbonyl (C=O) groups excluding carboxylic acids is 5. The van der Waals surface area contributed by atoms with Crippen molar-refractivity contribution in [3.8, 4) is 0 Å². The van der Waals surface area contributed by atoms with Gasteiger partial charge in [0.25, 0.3) is 0 Å². The highest BCUT2D eigenvalue weighted by atomic mass is 33.1. The number of carboxylic acid groups (broad SMARTS) is 2. The van der Waals surface area contributed by atoms with E-state index in [0.717, 1.165) is 10.8 Å². The highest BCUT2D eigenvalue weighted by Crippen LogP contribution is 2.56. The van der Waals surface area contributed by atoms with Crippen LogP contribution in [0.4, 0.5) is 4.79 Å². The Morgan fingerprint density at radius 1 is 1.16 bits per heavy atom. The molecule has 2 unspecified atom stereocenters. The number of Topliss-reactive ketones (excluding diaryl/α,β-unsaturated/α-hetero) is 2. The predicted octanol–water partition coefficient (Wildman–Crippen LogP) is -0.548. The van der Waals surface area contributed by atoms with Gasteiger partial charge in [-0.15, -0.1) is 0 Å². The first-order chi connectivity index (χ1) is 21.2. The Bertz CT molecular complexity index is 1320. The molecule has 3 amide bonds. The molecule has 1 aliphatic carbocycles. The smallest absolute Gasteiger partial charge is 0.404 e. The molecule has 2 aliphatic heterocycles. The average Bonchev–Trinajstić information content (AvgIpc) is 3.40. The summed E-state index contributed by atoms with van der Waals surface area (Å²) in [5, 5.41) is 25.7. The number of rotatable bonds is 17. The fourth-order valence-corrected chi connectivity index (χ4v) is 8.04. The Labute approximate surface area is 266 Å². The molecule has 0 bridgehead atoms. The van der Waals surface area contributed by atoms with Crippen LogP contribution in [-0.2, 0) is 38.2 Å². The maximum Gasteiger partial charge on any atom is 0.404 e. The summed E-state index contributed by atoms with van der Waals surface area (Å²) in [7, 11) is 3.85. The number of ketones is 2. The molecular weight excluding hydrogens is 634 g/mol. The van der Waals surface area contributed by atoms with Crippen LogP contribution in [0, 0.1) is 17.8 Å². The fraction of sp³-hybridized carbons (Fsp3) is 0.593. The van der Waals surface area contributed by atoms with Crippen molar-refractivity contribution in [3.63, 3.8) is 0 Å². The van der Waals surface area contributed by atoms with Crippen molar-refractivity contribution in [2.75, 3.05) is 38.3 Å². The Morgan fingerprint density at radius 2 is 1.84 bits per heavy atom. The summed E-state index contributed by atoms with van der Waals surface area (Å²) < 4.78 is 11.2. The monoisotopic (exact) mass is 671 g/mol. The number of nitrogens with zero attached hydrogens (tertiary/aromatic N) is 1. The SMILES string of the molecule is CO[C@@]12[C@H](COC(N)=O)C3=C(C(=O)C(C)=C(NCCSSCC(NC(=O)C(CC(=O)O)NC=O)C(=O)O)C3=O)N1C[C@H](C)[C@@H]2C. The summed E-state index contributed by atoms with van der Waals surface area (Å²) in [5.41, 5.74) is 4.91. The van der Waals surface area contributed by atoms with Crippen LogP contribution in [-0.4, -0.2) is 113 Å². The van der Waals surface area contributed by atoms with E-state index in [-0.39, 0.29) is 65.5 Å². The lowest BCUT2D eigenvalue weighted by Crippen LogP contribution is -2.52. The molecule has 45 heavy (non-hydrogen) atoms. The van der Waals surface area contributed by atoms with Gasteiger partial charge < -0.3 is 46.3 Å². The van der Waals surface area contributed by atoms with Crippen LogP contribution < -0.4 is 21.7 Å². The molecule has 248 valence electrons. The third kappa shape index (κ3) is 7.22. The van der Waals surface area contributed by atoms with E-state index in [9.17, 15) is 38.7 Å². The number of hydrogen-bond acceptors (Lipinski definition) is 13. The van der Waals surface area contributed by atoms with E-state index in [2.05, 4.69) is 10.6 Å². The molecule has 0 aromatic carbocycles. The molecule has 0 aromatic rings. The van der Waals surface area contributed by atoms with E-state index < -0.39 is 59.9 Å². The first kappa shape index (κ1) is 35.7. The highest BCUT2D eigenvalue weighted by molar-refractivity contribution is 8.76. The number of primary amides is 1. The number of hydrogen-bond donors (Lipinski definition) is 6. The van der Waals surface area contributed by atoms with Crippen molar-refractivity contribution in [2.45, 2.75) is 45.0 Å². The molecule has 3 aliphatic rings. The predicted molar refractivity (Wildman–Crippen MR) is 161 cm³/mol. The van der Waals surface area contributed by atoms with Crippen LogP contribution in [0.2, 0.25) is 0 Å². The number of allylic oxidation sites excluding steroid dienone is 2. The van der Waals surface area contributed by atoms with E-state index in [1.54, 1.807) is 6.92 Å². The second-order valence-electron chi connectivity index (χ2n) is 10.8. The van der Waals surface area contributed by atoms with E-state index in [1.807, 2.05) is 24.1 Å². The van der Waals surface area contributed by atoms with Crippen molar-refractivity contribution in [1.29, 1.82) is 0 Å². The van der Waals surface area contributed by atoms with Crippen LogP contribution in [0.3, 0.4) is 0 Å². The summed E-state index contributed by atoms with van der Waals surface area (Å²) in [4.78, 5) is 86.5. The van der Waals surface area contributed by atoms with E-state index in [4.69, 9.17) is 20.3 Å². The quantitative estimate of drug-likeness (QED) is 0.0492. The first-order valence-electron chi connectivity index (χ1n) is 13.9. The van der Waals surface area contributed by atoms with Gasteiger partial charge in [-0.3, -0.25) is 24.0 Å². The van der Waals surface area contributed by atoms with Gasteiger partial charge >= 0.3 is 18.0 Å². The minimum Gasteiger partial charge on any atom is -0.481 e. The number of ether oxygens (including phenoxy) is 2. The number of carboxylic acids is 2. The second kappa shape index (κ2) is 15.0. The normalized spacial score (nSPS) is 25.3. The largest absolute Gasteiger partial charge is 0.481 e. The van der Waals surface area contributed by atoms with Gasteiger partial charge in [-0.25, -0.2) is 9.59 Å². The number of fused-ring (bicyclic) bond motifs is 2. The fourth-order valence-electron chi connectivity index (χ4n) is 5.98. The topological polar surface area (TPSA) is 244 Å². The molecule has 6 atom stereocenters. The van der Waals surface area contributed by atoms with Gasteiger partial charge in [0.05, 0.1) is 23.7 Å². The molecule has 16 nitrogen and oxygen atoms in total. The van der Waals surface area contributed by atoms with Crippen LogP contribution in [0.15, 0.2) is 22.5 Å². The molecule has 3 rings (SSSR count). The van der Waals surface area contributed by atoms with Crippen molar-refractivity contribution in [1.82, 2.24) is 20.9 Å². The third-order valence-electron chi connectivity index (χ3n) is 8.28. The number of nitrogens with two attached hydrogens (primary N) is 1. The first-order valence-corrected chi connectivity index (χ1v) is 16.4. The Morgan fingerprint density at radius 3 is 2.42 bits per heavy atom. The molecule has 2 heterocycles. The van der Waals surface area contributed by atoms with Gasteiger partial charge in [-0.1, -0.05) is 35.4 Å². The summed E-state index contributed by atoms with van der Waals surface area (Å²) in [6.45, 7) is 5.96. The minimum absolute atomic E-state index is 0.0882. The highest BCUT2D eigenvalue weighted by Gasteiger charge is 2.65. The van der Waals surface area contributed by atoms with Gasteiger partial charge in [0.2, 0.25) is 23.9 Å². The van der Waals surface area contributed by atoms with Crippen LogP contribution >= 0.6 is 21.6 Å². The van der Waals surface area contributed by atoms with Gasteiger partial charge in [0, 0.05) is 48.8 Å². The van der Waals surface area contributed by atoms with Gasteiger partial charge in [-0.05, 0) is 12.8 Å². The summed E-state index contributed by atoms with van der Waals surface area (Å²) in [6, 6.07) is -2.80. The Kier molecular flexibility index (Phi) is 11.9. The summed E-state index contributed by atoms with van der Waals surface area (Å²) in [5.74, 6) is -4.92. The third-order valence-corrected chi connectivity index (χ3v) is 10.7. The average molecular weight is 672 g/mol. The van der Waals surface area contributed by atoms with Crippen molar-refractivity contribution in [2.24, 2.45) is 23.5 Å². The molecule has 1 fully saturated rings. The zero-order valence-electron chi connectivity index (χ0n) is 25.1. The van der Waals surface area contributed by atoms with E-state index >= 15 is 0 Å². The zero-order chi connectivity index (χ0) is 33.6. The molecule has 0 spiro atoms.